The van der Waals surface area contributed by atoms with Gasteiger partial charge in [0.25, 0.3) is 0 Å². The van der Waals surface area contributed by atoms with Gasteiger partial charge >= 0.3 is 0 Å². The van der Waals surface area contributed by atoms with Crippen LogP contribution in [-0.4, -0.2) is 25.3 Å². The third kappa shape index (κ3) is 4.62. The lowest BCUT2D eigenvalue weighted by atomic mass is 9.64. The standard InChI is InChI=1S/C23H30FNOS.ClH/c1-25-20(15-21-5-4-14-27-21)16-22(18-6-8-19(24)9-7-18)12-13-26-23(17-22)10-2-3-11-23;/h4-9,14,20,25H,2-3,10-13,15-17H2,1H3;1H. The highest BCUT2D eigenvalue weighted by Crippen LogP contribution is 2.50. The molecule has 0 bridgehead atoms. The highest BCUT2D eigenvalue weighted by Gasteiger charge is 2.48. The van der Waals surface area contributed by atoms with Crippen molar-refractivity contribution in [1.82, 2.24) is 5.32 Å². The molecular weight excluding hydrogens is 393 g/mol. The van der Waals surface area contributed by atoms with Gasteiger partial charge in [0.15, 0.2) is 0 Å². The molecule has 2 unspecified atom stereocenters. The van der Waals surface area contributed by atoms with Crippen molar-refractivity contribution in [2.45, 2.75) is 68.4 Å². The Morgan fingerprint density at radius 3 is 2.54 bits per heavy atom. The minimum atomic E-state index is -0.153. The summed E-state index contributed by atoms with van der Waals surface area (Å²) in [5.74, 6) is -0.153. The van der Waals surface area contributed by atoms with E-state index in [9.17, 15) is 4.39 Å². The van der Waals surface area contributed by atoms with Crippen molar-refractivity contribution < 1.29 is 9.13 Å². The van der Waals surface area contributed by atoms with Crippen LogP contribution in [0.25, 0.3) is 0 Å². The van der Waals surface area contributed by atoms with Gasteiger partial charge in [0, 0.05) is 22.9 Å². The Labute approximate surface area is 178 Å². The zero-order valence-corrected chi connectivity index (χ0v) is 18.2. The lowest BCUT2D eigenvalue weighted by Crippen LogP contribution is -2.49. The van der Waals surface area contributed by atoms with Crippen LogP contribution in [0.2, 0.25) is 0 Å². The summed E-state index contributed by atoms with van der Waals surface area (Å²) in [6.45, 7) is 0.812. The fraction of sp³-hybridized carbons (Fsp3) is 0.565. The van der Waals surface area contributed by atoms with Crippen LogP contribution in [0.4, 0.5) is 4.39 Å². The summed E-state index contributed by atoms with van der Waals surface area (Å²) in [6.07, 6.45) is 9.07. The molecule has 28 heavy (non-hydrogen) atoms. The van der Waals surface area contributed by atoms with E-state index in [1.165, 1.54) is 36.1 Å². The maximum absolute atomic E-state index is 13.6. The lowest BCUT2D eigenvalue weighted by Gasteiger charge is -2.48. The first-order chi connectivity index (χ1) is 13.1. The molecule has 0 radical (unpaired) electrons. The first-order valence-electron chi connectivity index (χ1n) is 10.2. The molecule has 1 spiro atoms. The van der Waals surface area contributed by atoms with E-state index in [0.29, 0.717) is 6.04 Å². The van der Waals surface area contributed by atoms with E-state index in [0.717, 1.165) is 32.3 Å². The molecule has 1 saturated carbocycles. The summed E-state index contributed by atoms with van der Waals surface area (Å²) >= 11 is 1.83. The van der Waals surface area contributed by atoms with Crippen LogP contribution >= 0.6 is 23.7 Å². The molecule has 2 fully saturated rings. The predicted octanol–water partition coefficient (Wildman–Crippen LogP) is 5.89. The second kappa shape index (κ2) is 9.25. The normalized spacial score (nSPS) is 24.8. The fourth-order valence-corrected chi connectivity index (χ4v) is 6.11. The first kappa shape index (κ1) is 21.8. The fourth-order valence-electron chi connectivity index (χ4n) is 5.32. The number of hydrogen-bond acceptors (Lipinski definition) is 3. The second-order valence-electron chi connectivity index (χ2n) is 8.43. The molecule has 2 nitrogen and oxygen atoms in total. The van der Waals surface area contributed by atoms with Crippen LogP contribution in [0, 0.1) is 5.82 Å². The molecule has 0 amide bonds. The van der Waals surface area contributed by atoms with Crippen molar-refractivity contribution in [3.05, 3.63) is 58.0 Å². The molecular formula is C23H31ClFNOS. The second-order valence-corrected chi connectivity index (χ2v) is 9.46. The summed E-state index contributed by atoms with van der Waals surface area (Å²) in [4.78, 5) is 1.42. The van der Waals surface area contributed by atoms with Crippen molar-refractivity contribution in [2.75, 3.05) is 13.7 Å². The van der Waals surface area contributed by atoms with Gasteiger partial charge in [-0.25, -0.2) is 4.39 Å². The van der Waals surface area contributed by atoms with Crippen LogP contribution in [0.3, 0.4) is 0 Å². The molecule has 2 aliphatic rings. The lowest BCUT2D eigenvalue weighted by molar-refractivity contribution is -0.105. The summed E-state index contributed by atoms with van der Waals surface area (Å²) in [7, 11) is 2.07. The van der Waals surface area contributed by atoms with Crippen LogP contribution < -0.4 is 5.32 Å². The quantitative estimate of drug-likeness (QED) is 0.625. The molecule has 2 aromatic rings. The van der Waals surface area contributed by atoms with Gasteiger partial charge in [-0.05, 0) is 74.7 Å². The van der Waals surface area contributed by atoms with Crippen LogP contribution in [0.1, 0.15) is 55.4 Å². The molecule has 4 rings (SSSR count). The van der Waals surface area contributed by atoms with Gasteiger partial charge in [0.05, 0.1) is 5.60 Å². The minimum Gasteiger partial charge on any atom is -0.375 e. The molecule has 5 heteroatoms. The maximum Gasteiger partial charge on any atom is 0.123 e. The first-order valence-corrected chi connectivity index (χ1v) is 11.1. The molecule has 1 N–H and O–H groups in total. The van der Waals surface area contributed by atoms with Gasteiger partial charge in [0.1, 0.15) is 5.82 Å². The van der Waals surface area contributed by atoms with Gasteiger partial charge in [0.2, 0.25) is 0 Å². The molecule has 1 aliphatic carbocycles. The van der Waals surface area contributed by atoms with Gasteiger partial charge in [-0.1, -0.05) is 31.0 Å². The van der Waals surface area contributed by atoms with Crippen molar-refractivity contribution in [3.8, 4) is 0 Å². The van der Waals surface area contributed by atoms with Gasteiger partial charge in [-0.2, -0.15) is 0 Å². The Hall–Kier alpha value is -0.940. The van der Waals surface area contributed by atoms with Gasteiger partial charge in [-0.3, -0.25) is 0 Å². The largest absolute Gasteiger partial charge is 0.375 e. The number of halogens is 2. The number of benzene rings is 1. The van der Waals surface area contributed by atoms with E-state index in [-0.39, 0.29) is 29.2 Å². The van der Waals surface area contributed by atoms with E-state index < -0.39 is 0 Å². The number of nitrogens with one attached hydrogen (secondary N) is 1. The molecule has 1 aromatic carbocycles. The Balaban J connectivity index is 0.00000225. The average Bonchev–Trinajstić information content (AvgIpc) is 3.34. The summed E-state index contributed by atoms with van der Waals surface area (Å²) in [6, 6.07) is 12.0. The van der Waals surface area contributed by atoms with E-state index >= 15 is 0 Å². The molecule has 154 valence electrons. The Bertz CT molecular complexity index is 730. The minimum absolute atomic E-state index is 0. The Kier molecular flexibility index (Phi) is 7.19. The average molecular weight is 424 g/mol. The monoisotopic (exact) mass is 423 g/mol. The molecule has 2 heterocycles. The van der Waals surface area contributed by atoms with Crippen LogP contribution in [-0.2, 0) is 16.6 Å². The molecule has 1 aromatic heterocycles. The Morgan fingerprint density at radius 2 is 1.89 bits per heavy atom. The van der Waals surface area contributed by atoms with Crippen molar-refractivity contribution in [1.29, 1.82) is 0 Å². The number of ether oxygens (including phenoxy) is 1. The smallest absolute Gasteiger partial charge is 0.123 e. The van der Waals surface area contributed by atoms with Crippen LogP contribution in [0.15, 0.2) is 41.8 Å². The predicted molar refractivity (Wildman–Crippen MR) is 117 cm³/mol. The number of rotatable bonds is 6. The van der Waals surface area contributed by atoms with E-state index in [1.54, 1.807) is 12.1 Å². The topological polar surface area (TPSA) is 21.3 Å². The van der Waals surface area contributed by atoms with Gasteiger partial charge in [-0.15, -0.1) is 23.7 Å². The molecule has 1 saturated heterocycles. The summed E-state index contributed by atoms with van der Waals surface area (Å²) in [5, 5.41) is 5.72. The summed E-state index contributed by atoms with van der Waals surface area (Å²) in [5.41, 5.74) is 1.37. The van der Waals surface area contributed by atoms with E-state index in [1.807, 2.05) is 23.5 Å². The molecule has 2 atom stereocenters. The number of likely N-dealkylation sites (N-methyl/N-ethyl adjacent to an activating group) is 1. The number of thiophene rings is 1. The Morgan fingerprint density at radius 1 is 1.14 bits per heavy atom. The van der Waals surface area contributed by atoms with Gasteiger partial charge < -0.3 is 10.1 Å². The van der Waals surface area contributed by atoms with Crippen molar-refractivity contribution >= 4 is 23.7 Å². The van der Waals surface area contributed by atoms with Crippen molar-refractivity contribution in [3.63, 3.8) is 0 Å². The zero-order chi connectivity index (χ0) is 18.7. The van der Waals surface area contributed by atoms with E-state index in [4.69, 9.17) is 4.74 Å². The van der Waals surface area contributed by atoms with Crippen molar-refractivity contribution in [2.24, 2.45) is 0 Å². The number of hydrogen-bond donors (Lipinski definition) is 1. The maximum atomic E-state index is 13.6. The summed E-state index contributed by atoms with van der Waals surface area (Å²) < 4.78 is 20.0. The highest BCUT2D eigenvalue weighted by molar-refractivity contribution is 7.09. The van der Waals surface area contributed by atoms with E-state index in [2.05, 4.69) is 29.9 Å². The SMILES string of the molecule is CNC(Cc1cccs1)CC1(c2ccc(F)cc2)CCOC2(CCCC2)C1.Cl. The highest BCUT2D eigenvalue weighted by atomic mass is 35.5. The third-order valence-corrected chi connectivity index (χ3v) is 7.59. The molecule has 1 aliphatic heterocycles. The van der Waals surface area contributed by atoms with Crippen LogP contribution in [0.5, 0.6) is 0 Å². The zero-order valence-electron chi connectivity index (χ0n) is 16.6. The third-order valence-electron chi connectivity index (χ3n) is 6.69.